The molecule has 1 aromatic heterocycles. The summed E-state index contributed by atoms with van der Waals surface area (Å²) in [4.78, 5) is 24.1. The van der Waals surface area contributed by atoms with Crippen molar-refractivity contribution >= 4 is 16.6 Å². The lowest BCUT2D eigenvalue weighted by Crippen LogP contribution is -2.08. The highest BCUT2D eigenvalue weighted by molar-refractivity contribution is 5.97. The average molecular weight is 296 g/mol. The number of hydrogen-bond donors (Lipinski definition) is 0. The Kier molecular flexibility index (Phi) is 3.59. The maximum atomic E-state index is 13.3. The SMILES string of the molecule is Cc1cccc(C(=O)Cc2cc3cc(F)ccc3c(=O)o2)c1. The van der Waals surface area contributed by atoms with Gasteiger partial charge in [-0.25, -0.2) is 9.18 Å². The molecule has 0 saturated heterocycles. The molecule has 3 nitrogen and oxygen atoms in total. The van der Waals surface area contributed by atoms with E-state index in [0.717, 1.165) is 5.56 Å². The first-order chi connectivity index (χ1) is 10.5. The van der Waals surface area contributed by atoms with E-state index in [1.165, 1.54) is 24.3 Å². The van der Waals surface area contributed by atoms with Crippen molar-refractivity contribution in [1.82, 2.24) is 0 Å². The molecule has 0 aliphatic carbocycles. The number of benzene rings is 2. The van der Waals surface area contributed by atoms with E-state index < -0.39 is 11.4 Å². The van der Waals surface area contributed by atoms with Gasteiger partial charge in [0, 0.05) is 5.56 Å². The molecular weight excluding hydrogens is 283 g/mol. The van der Waals surface area contributed by atoms with Crippen LogP contribution >= 0.6 is 0 Å². The van der Waals surface area contributed by atoms with Gasteiger partial charge in [0.15, 0.2) is 5.78 Å². The molecule has 0 amide bonds. The summed E-state index contributed by atoms with van der Waals surface area (Å²) < 4.78 is 18.4. The van der Waals surface area contributed by atoms with Crippen molar-refractivity contribution in [3.05, 3.63) is 81.7 Å². The summed E-state index contributed by atoms with van der Waals surface area (Å²) in [6.07, 6.45) is -0.0366. The van der Waals surface area contributed by atoms with Crippen molar-refractivity contribution in [2.75, 3.05) is 0 Å². The van der Waals surface area contributed by atoms with Crippen molar-refractivity contribution in [3.8, 4) is 0 Å². The van der Waals surface area contributed by atoms with Crippen molar-refractivity contribution in [3.63, 3.8) is 0 Å². The third-order valence-electron chi connectivity index (χ3n) is 3.45. The smallest absolute Gasteiger partial charge is 0.343 e. The third-order valence-corrected chi connectivity index (χ3v) is 3.45. The Morgan fingerprint density at radius 3 is 2.73 bits per heavy atom. The molecule has 22 heavy (non-hydrogen) atoms. The van der Waals surface area contributed by atoms with Gasteiger partial charge in [0.25, 0.3) is 0 Å². The minimum absolute atomic E-state index is 0.0366. The summed E-state index contributed by atoms with van der Waals surface area (Å²) in [6.45, 7) is 1.90. The zero-order valence-electron chi connectivity index (χ0n) is 11.9. The van der Waals surface area contributed by atoms with Crippen LogP contribution in [-0.4, -0.2) is 5.78 Å². The fraction of sp³-hybridized carbons (Fsp3) is 0.111. The van der Waals surface area contributed by atoms with Gasteiger partial charge in [0.05, 0.1) is 11.8 Å². The number of Topliss-reactive ketones (excluding diaryl/α,β-unsaturated/α-hetero) is 1. The van der Waals surface area contributed by atoms with E-state index in [1.807, 2.05) is 13.0 Å². The molecular formula is C18H13FO3. The standard InChI is InChI=1S/C18H13FO3/c1-11-3-2-4-12(7-11)17(20)10-15-9-13-8-14(19)5-6-16(13)18(21)22-15/h2-9H,10H2,1H3. The monoisotopic (exact) mass is 296 g/mol. The molecule has 0 N–H and O–H groups in total. The number of hydrogen-bond acceptors (Lipinski definition) is 3. The van der Waals surface area contributed by atoms with E-state index >= 15 is 0 Å². The molecule has 0 saturated carbocycles. The normalized spacial score (nSPS) is 10.8. The Labute approximate surface area is 126 Å². The first-order valence-corrected chi connectivity index (χ1v) is 6.85. The van der Waals surface area contributed by atoms with Gasteiger partial charge in [-0.3, -0.25) is 4.79 Å². The molecule has 3 aromatic rings. The van der Waals surface area contributed by atoms with Crippen LogP contribution in [0, 0.1) is 12.7 Å². The topological polar surface area (TPSA) is 47.3 Å². The number of fused-ring (bicyclic) bond motifs is 1. The van der Waals surface area contributed by atoms with Crippen LogP contribution in [-0.2, 0) is 6.42 Å². The molecule has 0 spiro atoms. The lowest BCUT2D eigenvalue weighted by Gasteiger charge is -2.03. The maximum absolute atomic E-state index is 13.3. The first-order valence-electron chi connectivity index (χ1n) is 6.85. The van der Waals surface area contributed by atoms with Gasteiger partial charge in [-0.05, 0) is 42.6 Å². The van der Waals surface area contributed by atoms with Crippen LogP contribution in [0.2, 0.25) is 0 Å². The van der Waals surface area contributed by atoms with Crippen molar-refractivity contribution in [2.24, 2.45) is 0 Å². The van der Waals surface area contributed by atoms with Crippen LogP contribution < -0.4 is 5.63 Å². The molecule has 3 rings (SSSR count). The van der Waals surface area contributed by atoms with E-state index in [-0.39, 0.29) is 18.0 Å². The molecule has 4 heteroatoms. The van der Waals surface area contributed by atoms with Gasteiger partial charge in [0.1, 0.15) is 11.6 Å². The summed E-state index contributed by atoms with van der Waals surface area (Å²) >= 11 is 0. The molecule has 0 radical (unpaired) electrons. The van der Waals surface area contributed by atoms with Crippen LogP contribution in [0.4, 0.5) is 4.39 Å². The summed E-state index contributed by atoms with van der Waals surface area (Å²) in [6, 6.07) is 12.6. The fourth-order valence-corrected chi connectivity index (χ4v) is 2.38. The molecule has 1 heterocycles. The predicted octanol–water partition coefficient (Wildman–Crippen LogP) is 3.67. The zero-order chi connectivity index (χ0) is 15.7. The van der Waals surface area contributed by atoms with E-state index in [9.17, 15) is 14.0 Å². The molecule has 0 atom stereocenters. The van der Waals surface area contributed by atoms with Gasteiger partial charge in [0.2, 0.25) is 0 Å². The van der Waals surface area contributed by atoms with Gasteiger partial charge in [-0.1, -0.05) is 23.8 Å². The van der Waals surface area contributed by atoms with Gasteiger partial charge in [-0.15, -0.1) is 0 Å². The Morgan fingerprint density at radius 2 is 1.95 bits per heavy atom. The van der Waals surface area contributed by atoms with E-state index in [4.69, 9.17) is 4.42 Å². The van der Waals surface area contributed by atoms with E-state index in [1.54, 1.807) is 18.2 Å². The Balaban J connectivity index is 1.97. The molecule has 0 aliphatic rings. The highest BCUT2D eigenvalue weighted by atomic mass is 19.1. The lowest BCUT2D eigenvalue weighted by molar-refractivity contribution is 0.0986. The second-order valence-electron chi connectivity index (χ2n) is 5.20. The van der Waals surface area contributed by atoms with Crippen molar-refractivity contribution in [2.45, 2.75) is 13.3 Å². The quantitative estimate of drug-likeness (QED) is 0.693. The summed E-state index contributed by atoms with van der Waals surface area (Å²) in [5.41, 5.74) is 0.972. The second-order valence-corrected chi connectivity index (χ2v) is 5.20. The third kappa shape index (κ3) is 2.81. The molecule has 0 fully saturated rings. The molecule has 110 valence electrons. The predicted molar refractivity (Wildman–Crippen MR) is 81.7 cm³/mol. The van der Waals surface area contributed by atoms with Gasteiger partial charge < -0.3 is 4.42 Å². The van der Waals surface area contributed by atoms with Crippen LogP contribution in [0.3, 0.4) is 0 Å². The molecule has 0 unspecified atom stereocenters. The summed E-state index contributed by atoms with van der Waals surface area (Å²) in [5.74, 6) is -0.355. The lowest BCUT2D eigenvalue weighted by atomic mass is 10.0. The van der Waals surface area contributed by atoms with Crippen LogP contribution in [0.1, 0.15) is 21.7 Å². The Hall–Kier alpha value is -2.75. The number of carbonyl (C=O) groups excluding carboxylic acids is 1. The molecule has 2 aromatic carbocycles. The fourth-order valence-electron chi connectivity index (χ4n) is 2.38. The van der Waals surface area contributed by atoms with Crippen LogP contribution in [0.25, 0.3) is 10.8 Å². The zero-order valence-corrected chi connectivity index (χ0v) is 11.9. The summed E-state index contributed by atoms with van der Waals surface area (Å²) in [5, 5.41) is 0.733. The van der Waals surface area contributed by atoms with Crippen molar-refractivity contribution < 1.29 is 13.6 Å². The second kappa shape index (κ2) is 5.56. The average Bonchev–Trinajstić information content (AvgIpc) is 2.46. The Bertz CT molecular complexity index is 925. The molecule has 0 bridgehead atoms. The van der Waals surface area contributed by atoms with Gasteiger partial charge in [-0.2, -0.15) is 0 Å². The number of aryl methyl sites for hydroxylation is 1. The largest absolute Gasteiger partial charge is 0.427 e. The first kappa shape index (κ1) is 14.2. The number of carbonyl (C=O) groups is 1. The van der Waals surface area contributed by atoms with Crippen LogP contribution in [0.5, 0.6) is 0 Å². The molecule has 0 aliphatic heterocycles. The number of halogens is 1. The summed E-state index contributed by atoms with van der Waals surface area (Å²) in [7, 11) is 0. The van der Waals surface area contributed by atoms with Crippen LogP contribution in [0.15, 0.2) is 57.7 Å². The minimum Gasteiger partial charge on any atom is -0.427 e. The van der Waals surface area contributed by atoms with Gasteiger partial charge >= 0.3 is 5.63 Å². The highest BCUT2D eigenvalue weighted by Crippen LogP contribution is 2.16. The van der Waals surface area contributed by atoms with E-state index in [0.29, 0.717) is 16.3 Å². The Morgan fingerprint density at radius 1 is 1.14 bits per heavy atom. The number of ketones is 1. The minimum atomic E-state index is -0.565. The number of rotatable bonds is 3. The van der Waals surface area contributed by atoms with Crippen molar-refractivity contribution in [1.29, 1.82) is 0 Å². The highest BCUT2D eigenvalue weighted by Gasteiger charge is 2.11. The van der Waals surface area contributed by atoms with E-state index in [2.05, 4.69) is 0 Å². The maximum Gasteiger partial charge on any atom is 0.343 e.